The summed E-state index contributed by atoms with van der Waals surface area (Å²) in [6.07, 6.45) is -2.88. The number of rotatable bonds is 6. The topological polar surface area (TPSA) is 102 Å². The molecule has 5 rings (SSSR count). The number of para-hydroxylation sites is 2. The summed E-state index contributed by atoms with van der Waals surface area (Å²) in [7, 11) is 1.49. The Kier molecular flexibility index (Phi) is 7.15. The lowest BCUT2D eigenvalue weighted by Gasteiger charge is -2.38. The van der Waals surface area contributed by atoms with Crippen molar-refractivity contribution in [2.24, 2.45) is 0 Å². The monoisotopic (exact) mass is 516 g/mol. The number of methoxy groups -OCH3 is 1. The van der Waals surface area contributed by atoms with Gasteiger partial charge >= 0.3 is 0 Å². The number of benzene rings is 1. The number of piperazine rings is 1. The Morgan fingerprint density at radius 2 is 1.73 bits per heavy atom. The molecule has 2 aliphatic rings. The lowest BCUT2D eigenvalue weighted by atomic mass is 10.1. The fourth-order valence-corrected chi connectivity index (χ4v) is 4.70. The third-order valence-electron chi connectivity index (χ3n) is 6.91. The molecule has 0 unspecified atom stereocenters. The van der Waals surface area contributed by atoms with Gasteiger partial charge in [0.05, 0.1) is 29.8 Å². The Bertz CT molecular complexity index is 1260. The highest BCUT2D eigenvalue weighted by Gasteiger charge is 2.31. The largest absolute Gasteiger partial charge is 0.375 e. The van der Waals surface area contributed by atoms with Crippen LogP contribution in [-0.4, -0.2) is 101 Å². The van der Waals surface area contributed by atoms with Crippen LogP contribution in [0.2, 0.25) is 0 Å². The third-order valence-corrected chi connectivity index (χ3v) is 6.91. The molecule has 2 fully saturated rings. The van der Waals surface area contributed by atoms with Gasteiger partial charge in [-0.1, -0.05) is 12.1 Å². The van der Waals surface area contributed by atoms with E-state index >= 15 is 0 Å². The minimum Gasteiger partial charge on any atom is -0.375 e. The van der Waals surface area contributed by atoms with Gasteiger partial charge < -0.3 is 24.2 Å². The van der Waals surface area contributed by atoms with Crippen molar-refractivity contribution in [1.29, 1.82) is 0 Å². The van der Waals surface area contributed by atoms with Gasteiger partial charge in [-0.05, 0) is 26.0 Å². The molecule has 37 heavy (non-hydrogen) atoms. The van der Waals surface area contributed by atoms with E-state index in [1.54, 1.807) is 29.2 Å². The van der Waals surface area contributed by atoms with Crippen molar-refractivity contribution in [2.75, 3.05) is 62.8 Å². The molecule has 3 aromatic rings. The van der Waals surface area contributed by atoms with Crippen molar-refractivity contribution in [3.05, 3.63) is 30.1 Å². The summed E-state index contributed by atoms with van der Waals surface area (Å²) in [6.45, 7) is 6.99. The molecular weight excluding hydrogens is 486 g/mol. The fourth-order valence-electron chi connectivity index (χ4n) is 4.70. The number of carbonyl (C=O) groups excluding carboxylic acids is 1. The molecule has 0 bridgehead atoms. The van der Waals surface area contributed by atoms with Crippen LogP contribution in [0.3, 0.4) is 0 Å². The molecule has 2 saturated heterocycles. The molecule has 1 amide bonds. The molecule has 2 aliphatic heterocycles. The number of fused-ring (bicyclic) bond motifs is 1. The van der Waals surface area contributed by atoms with Crippen LogP contribution in [0.25, 0.3) is 17.0 Å². The second-order valence-corrected chi connectivity index (χ2v) is 9.14. The number of hydrogen-bond donors (Lipinski definition) is 0. The van der Waals surface area contributed by atoms with Crippen LogP contribution in [0.1, 0.15) is 26.1 Å². The van der Waals surface area contributed by atoms with Crippen LogP contribution in [-0.2, 0) is 14.3 Å². The lowest BCUT2D eigenvalue weighted by molar-refractivity contribution is -0.135. The highest BCUT2D eigenvalue weighted by Crippen LogP contribution is 2.29. The number of ether oxygens (including phenoxy) is 2. The van der Waals surface area contributed by atoms with Gasteiger partial charge in [0, 0.05) is 39.8 Å². The van der Waals surface area contributed by atoms with Crippen molar-refractivity contribution in [3.63, 3.8) is 0 Å². The van der Waals surface area contributed by atoms with Gasteiger partial charge in [-0.15, -0.1) is 0 Å². The van der Waals surface area contributed by atoms with E-state index in [9.17, 15) is 13.6 Å². The molecule has 11 nitrogen and oxygen atoms in total. The molecule has 0 spiro atoms. The lowest BCUT2D eigenvalue weighted by Crippen LogP contribution is -2.51. The molecule has 0 aliphatic carbocycles. The maximum Gasteiger partial charge on any atom is 0.296 e. The number of imidazole rings is 1. The van der Waals surface area contributed by atoms with E-state index in [4.69, 9.17) is 14.5 Å². The first-order chi connectivity index (χ1) is 17.9. The molecule has 2 atom stereocenters. The molecule has 1 aromatic carbocycles. The van der Waals surface area contributed by atoms with Crippen molar-refractivity contribution in [1.82, 2.24) is 29.4 Å². The van der Waals surface area contributed by atoms with Gasteiger partial charge in [0.1, 0.15) is 6.61 Å². The SMILES string of the molecule is COCC(=O)N1CCN(c2nc(N3CCO[C@H](C)[C@H]3C)nc(-n3c(C(F)F)nc4ccccc43)n2)CC1. The zero-order valence-electron chi connectivity index (χ0n) is 21.0. The van der Waals surface area contributed by atoms with E-state index in [0.29, 0.717) is 62.3 Å². The third kappa shape index (κ3) is 4.92. The van der Waals surface area contributed by atoms with Crippen LogP contribution < -0.4 is 9.80 Å². The number of carbonyl (C=O) groups is 1. The van der Waals surface area contributed by atoms with E-state index < -0.39 is 12.2 Å². The van der Waals surface area contributed by atoms with E-state index in [1.165, 1.54) is 11.7 Å². The number of halogens is 2. The summed E-state index contributed by atoms with van der Waals surface area (Å²) in [5.74, 6) is 0.319. The highest BCUT2D eigenvalue weighted by molar-refractivity contribution is 5.78. The van der Waals surface area contributed by atoms with Crippen LogP contribution in [0.15, 0.2) is 24.3 Å². The first kappa shape index (κ1) is 25.2. The Morgan fingerprint density at radius 3 is 2.46 bits per heavy atom. The van der Waals surface area contributed by atoms with E-state index in [0.717, 1.165) is 0 Å². The number of alkyl halides is 2. The van der Waals surface area contributed by atoms with E-state index in [2.05, 4.69) is 15.0 Å². The maximum atomic E-state index is 14.1. The number of amides is 1. The van der Waals surface area contributed by atoms with Gasteiger partial charge in [-0.2, -0.15) is 15.0 Å². The Hall–Kier alpha value is -3.45. The van der Waals surface area contributed by atoms with Crippen molar-refractivity contribution < 1.29 is 23.0 Å². The van der Waals surface area contributed by atoms with Gasteiger partial charge in [0.25, 0.3) is 6.43 Å². The predicted octanol–water partition coefficient (Wildman–Crippen LogP) is 2.06. The molecular formula is C24H30F2N8O3. The average molecular weight is 517 g/mol. The van der Waals surface area contributed by atoms with Gasteiger partial charge in [-0.3, -0.25) is 9.36 Å². The van der Waals surface area contributed by atoms with Gasteiger partial charge in [0.15, 0.2) is 5.82 Å². The second kappa shape index (κ2) is 10.5. The summed E-state index contributed by atoms with van der Waals surface area (Å²) in [5, 5.41) is 0. The van der Waals surface area contributed by atoms with E-state index in [-0.39, 0.29) is 30.6 Å². The zero-order valence-corrected chi connectivity index (χ0v) is 21.0. The van der Waals surface area contributed by atoms with Crippen LogP contribution in [0, 0.1) is 0 Å². The van der Waals surface area contributed by atoms with Crippen LogP contribution >= 0.6 is 0 Å². The molecule has 13 heteroatoms. The average Bonchev–Trinajstić information content (AvgIpc) is 3.30. The van der Waals surface area contributed by atoms with Crippen molar-refractivity contribution >= 4 is 28.8 Å². The predicted molar refractivity (Wildman–Crippen MR) is 132 cm³/mol. The first-order valence-electron chi connectivity index (χ1n) is 12.3. The first-order valence-corrected chi connectivity index (χ1v) is 12.3. The van der Waals surface area contributed by atoms with Crippen LogP contribution in [0.4, 0.5) is 20.7 Å². The Morgan fingerprint density at radius 1 is 1.03 bits per heavy atom. The van der Waals surface area contributed by atoms with E-state index in [1.807, 2.05) is 23.6 Å². The highest BCUT2D eigenvalue weighted by atomic mass is 19.3. The smallest absolute Gasteiger partial charge is 0.296 e. The standard InChI is InChI=1S/C24H30F2N8O3/c1-15-16(2)37-13-12-33(15)23-28-22(32-10-8-31(9-11-32)19(35)14-36-3)29-24(30-23)34-18-7-5-4-6-17(18)27-21(34)20(25)26/h4-7,15-16,20H,8-14H2,1-3H3/t15-,16-/m1/s1. The van der Waals surface area contributed by atoms with Crippen LogP contribution in [0.5, 0.6) is 0 Å². The number of nitrogens with zero attached hydrogens (tertiary/aromatic N) is 8. The molecule has 0 radical (unpaired) electrons. The van der Waals surface area contributed by atoms with Crippen molar-refractivity contribution in [3.8, 4) is 5.95 Å². The van der Waals surface area contributed by atoms with Crippen molar-refractivity contribution in [2.45, 2.75) is 32.4 Å². The van der Waals surface area contributed by atoms with Gasteiger partial charge in [-0.25, -0.2) is 13.8 Å². The Labute approximate surface area is 213 Å². The molecule has 0 N–H and O–H groups in total. The molecule has 198 valence electrons. The summed E-state index contributed by atoms with van der Waals surface area (Å²) in [4.78, 5) is 36.2. The second-order valence-electron chi connectivity index (χ2n) is 9.14. The molecule has 2 aromatic heterocycles. The minimum absolute atomic E-state index is 0.0251. The summed E-state index contributed by atoms with van der Waals surface area (Å²) in [6, 6.07) is 6.88. The van der Waals surface area contributed by atoms with Gasteiger partial charge in [0.2, 0.25) is 23.8 Å². The molecule has 0 saturated carbocycles. The minimum atomic E-state index is -2.83. The number of anilines is 2. The normalized spacial score (nSPS) is 20.8. The molecule has 4 heterocycles. The summed E-state index contributed by atoms with van der Waals surface area (Å²) in [5.41, 5.74) is 0.916. The number of morpholine rings is 1. The quantitative estimate of drug-likeness (QED) is 0.487. The zero-order chi connectivity index (χ0) is 26.1. The maximum absolute atomic E-state index is 14.1. The number of aromatic nitrogens is 5. The fraction of sp³-hybridized carbons (Fsp3) is 0.542. The summed E-state index contributed by atoms with van der Waals surface area (Å²) >= 11 is 0. The summed E-state index contributed by atoms with van der Waals surface area (Å²) < 4.78 is 40.3. The Balaban J connectivity index is 1.57. The number of hydrogen-bond acceptors (Lipinski definition) is 9.